The molecule has 0 aliphatic carbocycles. The number of fused-ring (bicyclic) bond motifs is 3. The Balaban J connectivity index is 1.75. The number of nitriles is 2. The van der Waals surface area contributed by atoms with Crippen LogP contribution in [-0.4, -0.2) is 21.9 Å². The standard InChI is InChI=1S/C24H19N3O2/c1-24(28,16-29-19-5-3-2-4-6-19)15-27-22-9-7-17(13-25)11-20(22)21-12-18(14-26)8-10-23(21)27/h2-12,28H,15-16H2,1H3. The molecule has 1 unspecified atom stereocenters. The molecule has 5 heteroatoms. The summed E-state index contributed by atoms with van der Waals surface area (Å²) in [4.78, 5) is 0. The summed E-state index contributed by atoms with van der Waals surface area (Å²) in [5, 5.41) is 31.3. The molecule has 1 heterocycles. The van der Waals surface area contributed by atoms with Crippen molar-refractivity contribution in [2.24, 2.45) is 0 Å². The van der Waals surface area contributed by atoms with Crippen molar-refractivity contribution in [2.75, 3.05) is 6.61 Å². The summed E-state index contributed by atoms with van der Waals surface area (Å²) in [5.41, 5.74) is 1.77. The molecule has 0 bridgehead atoms. The molecule has 3 aromatic carbocycles. The average molecular weight is 381 g/mol. The van der Waals surface area contributed by atoms with E-state index in [1.807, 2.05) is 59.2 Å². The smallest absolute Gasteiger partial charge is 0.119 e. The van der Waals surface area contributed by atoms with Crippen LogP contribution < -0.4 is 4.74 Å². The van der Waals surface area contributed by atoms with Gasteiger partial charge in [-0.15, -0.1) is 0 Å². The largest absolute Gasteiger partial charge is 0.491 e. The third kappa shape index (κ3) is 3.65. The van der Waals surface area contributed by atoms with Gasteiger partial charge in [0, 0.05) is 21.8 Å². The minimum atomic E-state index is -1.13. The summed E-state index contributed by atoms with van der Waals surface area (Å²) >= 11 is 0. The van der Waals surface area contributed by atoms with Crippen LogP contribution >= 0.6 is 0 Å². The van der Waals surface area contributed by atoms with Crippen molar-refractivity contribution in [1.29, 1.82) is 10.5 Å². The van der Waals surface area contributed by atoms with E-state index in [1.165, 1.54) is 0 Å². The van der Waals surface area contributed by atoms with Crippen molar-refractivity contribution < 1.29 is 9.84 Å². The van der Waals surface area contributed by atoms with Crippen LogP contribution in [0.15, 0.2) is 66.7 Å². The summed E-state index contributed by atoms with van der Waals surface area (Å²) in [6, 6.07) is 24.7. The molecule has 1 atom stereocenters. The molecule has 0 aliphatic rings. The van der Waals surface area contributed by atoms with E-state index in [4.69, 9.17) is 4.74 Å². The molecule has 0 radical (unpaired) electrons. The Kier molecular flexibility index (Phi) is 4.68. The maximum Gasteiger partial charge on any atom is 0.119 e. The van der Waals surface area contributed by atoms with Crippen molar-refractivity contribution in [1.82, 2.24) is 4.57 Å². The Morgan fingerprint density at radius 1 is 0.897 bits per heavy atom. The van der Waals surface area contributed by atoms with Crippen molar-refractivity contribution in [3.63, 3.8) is 0 Å². The Morgan fingerprint density at radius 2 is 1.45 bits per heavy atom. The normalized spacial score (nSPS) is 13.0. The van der Waals surface area contributed by atoms with Gasteiger partial charge in [0.2, 0.25) is 0 Å². The molecule has 0 fully saturated rings. The number of para-hydroxylation sites is 1. The number of rotatable bonds is 5. The van der Waals surface area contributed by atoms with Crippen LogP contribution in [-0.2, 0) is 6.54 Å². The van der Waals surface area contributed by atoms with Gasteiger partial charge in [-0.2, -0.15) is 10.5 Å². The van der Waals surface area contributed by atoms with Crippen molar-refractivity contribution >= 4 is 21.8 Å². The van der Waals surface area contributed by atoms with Crippen LogP contribution in [0, 0.1) is 22.7 Å². The summed E-state index contributed by atoms with van der Waals surface area (Å²) in [5.74, 6) is 0.701. The highest BCUT2D eigenvalue weighted by molar-refractivity contribution is 6.08. The number of ether oxygens (including phenoxy) is 1. The topological polar surface area (TPSA) is 82.0 Å². The fourth-order valence-electron chi connectivity index (χ4n) is 3.56. The average Bonchev–Trinajstić information content (AvgIpc) is 3.04. The molecular weight excluding hydrogens is 362 g/mol. The molecule has 142 valence electrons. The minimum absolute atomic E-state index is 0.130. The second-order valence-electron chi connectivity index (χ2n) is 7.37. The van der Waals surface area contributed by atoms with E-state index in [0.717, 1.165) is 21.8 Å². The molecule has 4 aromatic rings. The highest BCUT2D eigenvalue weighted by atomic mass is 16.5. The van der Waals surface area contributed by atoms with Crippen molar-refractivity contribution in [2.45, 2.75) is 19.1 Å². The third-order valence-corrected chi connectivity index (χ3v) is 4.91. The SMILES string of the molecule is CC(O)(COc1ccccc1)Cn1c2ccc(C#N)cc2c2cc(C#N)ccc21. The van der Waals surface area contributed by atoms with Gasteiger partial charge in [-0.25, -0.2) is 0 Å². The Morgan fingerprint density at radius 3 is 1.97 bits per heavy atom. The third-order valence-electron chi connectivity index (χ3n) is 4.91. The highest BCUT2D eigenvalue weighted by Gasteiger charge is 2.25. The van der Waals surface area contributed by atoms with E-state index in [0.29, 0.717) is 23.4 Å². The highest BCUT2D eigenvalue weighted by Crippen LogP contribution is 2.32. The van der Waals surface area contributed by atoms with Crippen molar-refractivity contribution in [3.05, 3.63) is 77.9 Å². The zero-order valence-electron chi connectivity index (χ0n) is 16.0. The molecule has 29 heavy (non-hydrogen) atoms. The van der Waals surface area contributed by atoms with Crippen LogP contribution in [0.3, 0.4) is 0 Å². The number of hydrogen-bond donors (Lipinski definition) is 1. The Bertz CT molecular complexity index is 1200. The number of nitrogens with zero attached hydrogens (tertiary/aromatic N) is 3. The number of benzene rings is 3. The summed E-state index contributed by atoms with van der Waals surface area (Å²) in [7, 11) is 0. The first-order chi connectivity index (χ1) is 14.0. The first-order valence-corrected chi connectivity index (χ1v) is 9.27. The van der Waals surface area contributed by atoms with E-state index < -0.39 is 5.60 Å². The molecule has 1 N–H and O–H groups in total. The second-order valence-corrected chi connectivity index (χ2v) is 7.37. The van der Waals surface area contributed by atoms with Gasteiger partial charge in [-0.1, -0.05) is 18.2 Å². The van der Waals surface area contributed by atoms with E-state index in [-0.39, 0.29) is 6.61 Å². The fourth-order valence-corrected chi connectivity index (χ4v) is 3.56. The number of aliphatic hydroxyl groups is 1. The predicted octanol–water partition coefficient (Wildman–Crippen LogP) is 4.37. The van der Waals surface area contributed by atoms with Gasteiger partial charge in [-0.3, -0.25) is 0 Å². The Hall–Kier alpha value is -3.80. The van der Waals surface area contributed by atoms with Crippen LogP contribution in [0.25, 0.3) is 21.8 Å². The van der Waals surface area contributed by atoms with Crippen molar-refractivity contribution in [3.8, 4) is 17.9 Å². The maximum absolute atomic E-state index is 11.0. The molecular formula is C24H19N3O2. The van der Waals surface area contributed by atoms with Crippen LogP contribution in [0.4, 0.5) is 0 Å². The zero-order valence-corrected chi connectivity index (χ0v) is 16.0. The lowest BCUT2D eigenvalue weighted by Crippen LogP contribution is -2.37. The van der Waals surface area contributed by atoms with E-state index >= 15 is 0 Å². The maximum atomic E-state index is 11.0. The van der Waals surface area contributed by atoms with Gasteiger partial charge in [0.15, 0.2) is 0 Å². The van der Waals surface area contributed by atoms with Gasteiger partial charge in [0.1, 0.15) is 18.0 Å². The van der Waals surface area contributed by atoms with Gasteiger partial charge in [0.05, 0.1) is 29.8 Å². The van der Waals surface area contributed by atoms with E-state index in [1.54, 1.807) is 19.1 Å². The van der Waals surface area contributed by atoms with Gasteiger partial charge < -0.3 is 14.4 Å². The molecule has 0 saturated carbocycles. The second kappa shape index (κ2) is 7.31. The summed E-state index contributed by atoms with van der Waals surface area (Å²) in [6.45, 7) is 2.17. The van der Waals surface area contributed by atoms with E-state index in [2.05, 4.69) is 12.1 Å². The molecule has 1 aromatic heterocycles. The van der Waals surface area contributed by atoms with Gasteiger partial charge in [0.25, 0.3) is 0 Å². The number of hydrogen-bond acceptors (Lipinski definition) is 4. The van der Waals surface area contributed by atoms with Crippen LogP contribution in [0.1, 0.15) is 18.1 Å². The molecule has 5 nitrogen and oxygen atoms in total. The first kappa shape index (κ1) is 18.6. The van der Waals surface area contributed by atoms with Gasteiger partial charge >= 0.3 is 0 Å². The lowest BCUT2D eigenvalue weighted by molar-refractivity contribution is -0.00106. The zero-order chi connectivity index (χ0) is 20.4. The van der Waals surface area contributed by atoms with Crippen LogP contribution in [0.2, 0.25) is 0 Å². The quantitative estimate of drug-likeness (QED) is 0.557. The minimum Gasteiger partial charge on any atom is -0.491 e. The first-order valence-electron chi connectivity index (χ1n) is 9.27. The lowest BCUT2D eigenvalue weighted by Gasteiger charge is -2.25. The molecule has 0 spiro atoms. The van der Waals surface area contributed by atoms with Gasteiger partial charge in [-0.05, 0) is 55.5 Å². The number of aromatic nitrogens is 1. The molecule has 0 saturated heterocycles. The molecule has 4 rings (SSSR count). The summed E-state index contributed by atoms with van der Waals surface area (Å²) in [6.07, 6.45) is 0. The monoisotopic (exact) mass is 381 g/mol. The van der Waals surface area contributed by atoms with E-state index in [9.17, 15) is 15.6 Å². The fraction of sp³-hybridized carbons (Fsp3) is 0.167. The van der Waals surface area contributed by atoms with Crippen LogP contribution in [0.5, 0.6) is 5.75 Å². The lowest BCUT2D eigenvalue weighted by atomic mass is 10.1. The molecule has 0 amide bonds. The predicted molar refractivity (Wildman–Crippen MR) is 111 cm³/mol. The summed E-state index contributed by atoms with van der Waals surface area (Å²) < 4.78 is 7.78. The molecule has 0 aliphatic heterocycles. The Labute approximate surface area is 168 Å².